The van der Waals surface area contributed by atoms with Crippen LogP contribution in [0.25, 0.3) is 21.8 Å². The lowest BCUT2D eigenvalue weighted by atomic mass is 10.2. The van der Waals surface area contributed by atoms with Crippen LogP contribution in [0.5, 0.6) is 11.8 Å². The number of nitrogens with zero attached hydrogens (tertiary/aromatic N) is 3. The Morgan fingerprint density at radius 3 is 2.60 bits per heavy atom. The van der Waals surface area contributed by atoms with Gasteiger partial charge in [-0.3, -0.25) is 0 Å². The molecule has 0 bridgehead atoms. The lowest BCUT2D eigenvalue weighted by Gasteiger charge is -2.31. The van der Waals surface area contributed by atoms with Crippen LogP contribution in [0.2, 0.25) is 0 Å². The first-order valence-corrected chi connectivity index (χ1v) is 11.0. The molecule has 0 spiro atoms. The quantitative estimate of drug-likeness (QED) is 0.623. The van der Waals surface area contributed by atoms with Gasteiger partial charge in [-0.15, -0.1) is 0 Å². The van der Waals surface area contributed by atoms with Gasteiger partial charge in [-0.05, 0) is 32.2 Å². The number of primary amides is 1. The molecule has 0 radical (unpaired) electrons. The highest BCUT2D eigenvalue weighted by Gasteiger charge is 2.28. The molecule has 3 heterocycles. The standard InChI is InChI=1S/C19H23N5O5S/c1-3-28-16-11-14-13-10-12(30(26,27)24-8-6-23(2)7-9-24)4-5-15(13)21-17(14)18(22-16)29-19(20)25/h4-5,10-11,21H,3,6-9H2,1-2H3,(H2,20,25). The summed E-state index contributed by atoms with van der Waals surface area (Å²) < 4.78 is 38.3. The average Bonchev–Trinajstić information content (AvgIpc) is 3.06. The Labute approximate surface area is 173 Å². The highest BCUT2D eigenvalue weighted by molar-refractivity contribution is 7.89. The number of aromatic amines is 1. The van der Waals surface area contributed by atoms with Crippen LogP contribution in [-0.4, -0.2) is 73.5 Å². The molecule has 3 N–H and O–H groups in total. The minimum Gasteiger partial charge on any atom is -0.478 e. The van der Waals surface area contributed by atoms with Crippen LogP contribution < -0.4 is 15.2 Å². The van der Waals surface area contributed by atoms with Crippen molar-refractivity contribution in [1.82, 2.24) is 19.2 Å². The molecular formula is C19H23N5O5S. The number of fused-ring (bicyclic) bond motifs is 3. The zero-order valence-electron chi connectivity index (χ0n) is 16.7. The molecule has 10 nitrogen and oxygen atoms in total. The maximum absolute atomic E-state index is 13.2. The number of carbonyl (C=O) groups excluding carboxylic acids is 1. The number of piperazine rings is 1. The Morgan fingerprint density at radius 2 is 1.93 bits per heavy atom. The Kier molecular flexibility index (Phi) is 5.26. The van der Waals surface area contributed by atoms with Crippen molar-refractivity contribution in [2.45, 2.75) is 11.8 Å². The molecule has 1 aliphatic rings. The van der Waals surface area contributed by atoms with E-state index in [1.165, 1.54) is 4.31 Å². The number of hydrogen-bond donors (Lipinski definition) is 2. The van der Waals surface area contributed by atoms with Gasteiger partial charge in [-0.25, -0.2) is 13.2 Å². The maximum atomic E-state index is 13.2. The van der Waals surface area contributed by atoms with Gasteiger partial charge >= 0.3 is 6.09 Å². The molecule has 30 heavy (non-hydrogen) atoms. The van der Waals surface area contributed by atoms with Gasteiger partial charge in [0.2, 0.25) is 15.9 Å². The number of hydrogen-bond acceptors (Lipinski definition) is 7. The van der Waals surface area contributed by atoms with Gasteiger partial charge in [0.1, 0.15) is 5.52 Å². The van der Waals surface area contributed by atoms with Crippen LogP contribution in [0.4, 0.5) is 4.79 Å². The Morgan fingerprint density at radius 1 is 1.20 bits per heavy atom. The highest BCUT2D eigenvalue weighted by atomic mass is 32.2. The minimum absolute atomic E-state index is 0.0249. The van der Waals surface area contributed by atoms with Gasteiger partial charge < -0.3 is 25.1 Å². The third-order valence-corrected chi connectivity index (χ3v) is 6.99. The number of aromatic nitrogens is 2. The lowest BCUT2D eigenvalue weighted by Crippen LogP contribution is -2.46. The van der Waals surface area contributed by atoms with E-state index in [1.807, 2.05) is 7.05 Å². The summed E-state index contributed by atoms with van der Waals surface area (Å²) in [4.78, 5) is 20.9. The Hall–Kier alpha value is -2.89. The van der Waals surface area contributed by atoms with Crippen molar-refractivity contribution < 1.29 is 22.7 Å². The fourth-order valence-electron chi connectivity index (χ4n) is 3.55. The number of sulfonamides is 1. The SMILES string of the molecule is CCOc1cc2c([nH]c3ccc(S(=O)(=O)N4CCN(C)CC4)cc32)c(OC(N)=O)n1. The van der Waals surface area contributed by atoms with E-state index in [4.69, 9.17) is 15.2 Å². The summed E-state index contributed by atoms with van der Waals surface area (Å²) in [6, 6.07) is 6.55. The van der Waals surface area contributed by atoms with E-state index in [-0.39, 0.29) is 16.7 Å². The maximum Gasteiger partial charge on any atom is 0.411 e. The Balaban J connectivity index is 1.84. The fraction of sp³-hybridized carbons (Fsp3) is 0.368. The molecule has 1 fully saturated rings. The zero-order chi connectivity index (χ0) is 21.5. The number of nitrogens with two attached hydrogens (primary N) is 1. The van der Waals surface area contributed by atoms with E-state index in [2.05, 4.69) is 14.9 Å². The van der Waals surface area contributed by atoms with Crippen LogP contribution in [0, 0.1) is 0 Å². The lowest BCUT2D eigenvalue weighted by molar-refractivity contribution is 0.209. The molecule has 0 saturated carbocycles. The predicted octanol–water partition coefficient (Wildman–Crippen LogP) is 1.51. The van der Waals surface area contributed by atoms with Crippen molar-refractivity contribution in [2.75, 3.05) is 39.8 Å². The first-order chi connectivity index (χ1) is 14.3. The van der Waals surface area contributed by atoms with Crippen LogP contribution in [0.3, 0.4) is 0 Å². The van der Waals surface area contributed by atoms with Gasteiger partial charge in [-0.1, -0.05) is 0 Å². The van der Waals surface area contributed by atoms with E-state index in [0.717, 1.165) is 0 Å². The summed E-state index contributed by atoms with van der Waals surface area (Å²) in [6.07, 6.45) is -1.01. The van der Waals surface area contributed by atoms with E-state index >= 15 is 0 Å². The minimum atomic E-state index is -3.63. The first kappa shape index (κ1) is 20.4. The highest BCUT2D eigenvalue weighted by Crippen LogP contribution is 2.35. The normalized spacial score (nSPS) is 16.2. The number of carbonyl (C=O) groups is 1. The molecule has 4 rings (SSSR count). The summed E-state index contributed by atoms with van der Waals surface area (Å²) in [5, 5.41) is 1.27. The molecule has 160 valence electrons. The van der Waals surface area contributed by atoms with Gasteiger partial charge in [0.15, 0.2) is 0 Å². The number of benzene rings is 1. The summed E-state index contributed by atoms with van der Waals surface area (Å²) in [5.41, 5.74) is 6.27. The fourth-order valence-corrected chi connectivity index (χ4v) is 5.00. The van der Waals surface area contributed by atoms with Crippen LogP contribution >= 0.6 is 0 Å². The largest absolute Gasteiger partial charge is 0.478 e. The number of nitrogens with one attached hydrogen (secondary N) is 1. The monoisotopic (exact) mass is 433 g/mol. The van der Waals surface area contributed by atoms with E-state index < -0.39 is 16.1 Å². The predicted molar refractivity (Wildman–Crippen MR) is 111 cm³/mol. The molecule has 2 aromatic heterocycles. The molecule has 1 amide bonds. The Bertz CT molecular complexity index is 1210. The van der Waals surface area contributed by atoms with Gasteiger partial charge in [0.25, 0.3) is 5.88 Å². The van der Waals surface area contributed by atoms with Crippen molar-refractivity contribution in [1.29, 1.82) is 0 Å². The third kappa shape index (κ3) is 3.66. The summed E-state index contributed by atoms with van der Waals surface area (Å²) in [7, 11) is -1.66. The number of amides is 1. The number of H-pyrrole nitrogens is 1. The van der Waals surface area contributed by atoms with Gasteiger partial charge in [-0.2, -0.15) is 9.29 Å². The molecule has 1 aliphatic heterocycles. The van der Waals surface area contributed by atoms with Crippen LogP contribution in [0.15, 0.2) is 29.2 Å². The summed E-state index contributed by atoms with van der Waals surface area (Å²) in [6.45, 7) is 4.42. The second kappa shape index (κ2) is 7.74. The first-order valence-electron chi connectivity index (χ1n) is 9.55. The molecule has 1 saturated heterocycles. The topological polar surface area (TPSA) is 131 Å². The summed E-state index contributed by atoms with van der Waals surface area (Å²) in [5.74, 6) is 0.220. The van der Waals surface area contributed by atoms with Crippen LogP contribution in [-0.2, 0) is 10.0 Å². The van der Waals surface area contributed by atoms with Gasteiger partial charge in [0, 0.05) is 48.5 Å². The smallest absolute Gasteiger partial charge is 0.411 e. The molecule has 11 heteroatoms. The molecular weight excluding hydrogens is 410 g/mol. The van der Waals surface area contributed by atoms with Gasteiger partial charge in [0.05, 0.1) is 11.5 Å². The number of pyridine rings is 1. The number of rotatable bonds is 5. The number of ether oxygens (including phenoxy) is 2. The van der Waals surface area contributed by atoms with Crippen molar-refractivity contribution in [3.05, 3.63) is 24.3 Å². The van der Waals surface area contributed by atoms with Crippen molar-refractivity contribution >= 4 is 37.9 Å². The van der Waals surface area contributed by atoms with Crippen LogP contribution in [0.1, 0.15) is 6.92 Å². The summed E-state index contributed by atoms with van der Waals surface area (Å²) >= 11 is 0. The molecule has 0 atom stereocenters. The second-order valence-corrected chi connectivity index (χ2v) is 9.02. The number of likely N-dealkylation sites (N-methyl/N-ethyl adjacent to an activating group) is 1. The second-order valence-electron chi connectivity index (χ2n) is 7.08. The molecule has 3 aromatic rings. The van der Waals surface area contributed by atoms with Crippen molar-refractivity contribution in [3.8, 4) is 11.8 Å². The van der Waals surface area contributed by atoms with Crippen molar-refractivity contribution in [3.63, 3.8) is 0 Å². The third-order valence-electron chi connectivity index (χ3n) is 5.09. The van der Waals surface area contributed by atoms with E-state index in [1.54, 1.807) is 31.2 Å². The van der Waals surface area contributed by atoms with E-state index in [9.17, 15) is 13.2 Å². The van der Waals surface area contributed by atoms with E-state index in [0.29, 0.717) is 54.6 Å². The zero-order valence-corrected chi connectivity index (χ0v) is 17.5. The molecule has 0 unspecified atom stereocenters. The molecule has 1 aromatic carbocycles. The molecule has 0 aliphatic carbocycles. The average molecular weight is 433 g/mol. The van der Waals surface area contributed by atoms with Crippen molar-refractivity contribution in [2.24, 2.45) is 5.73 Å².